The smallest absolute Gasteiger partial charge is 0.296 e. The van der Waals surface area contributed by atoms with Crippen LogP contribution in [0.25, 0.3) is 0 Å². The molecule has 1 unspecified atom stereocenters. The van der Waals surface area contributed by atoms with Crippen LogP contribution in [-0.4, -0.2) is 35.9 Å². The fourth-order valence-electron chi connectivity index (χ4n) is 2.10. The Balaban J connectivity index is 2.31. The van der Waals surface area contributed by atoms with E-state index in [-0.39, 0.29) is 18.9 Å². The number of carbonyl (C=O) groups is 1. The van der Waals surface area contributed by atoms with E-state index in [2.05, 4.69) is 5.10 Å². The first-order valence-electron chi connectivity index (χ1n) is 5.98. The minimum Gasteiger partial charge on any atom is -0.296 e. The van der Waals surface area contributed by atoms with Crippen molar-refractivity contribution >= 4 is 21.9 Å². The predicted octanol–water partition coefficient (Wildman–Crippen LogP) is 0.948. The number of amides is 1. The largest absolute Gasteiger partial charge is 0.307 e. The Morgan fingerprint density at radius 3 is 2.53 bits per heavy atom. The molecule has 0 spiro atoms. The van der Waals surface area contributed by atoms with Crippen molar-refractivity contribution in [2.75, 3.05) is 11.4 Å². The first-order chi connectivity index (χ1) is 8.70. The van der Waals surface area contributed by atoms with Gasteiger partial charge in [0.2, 0.25) is 5.91 Å². The van der Waals surface area contributed by atoms with Crippen molar-refractivity contribution in [2.24, 2.45) is 7.05 Å². The summed E-state index contributed by atoms with van der Waals surface area (Å²) in [6.07, 6.45) is -0.318. The van der Waals surface area contributed by atoms with Crippen LogP contribution >= 0.6 is 0 Å². The normalized spacial score (nSPS) is 20.6. The molecule has 0 radical (unpaired) electrons. The van der Waals surface area contributed by atoms with Gasteiger partial charge in [0.15, 0.2) is 0 Å². The van der Waals surface area contributed by atoms with Gasteiger partial charge in [-0.1, -0.05) is 13.8 Å². The Hall–Kier alpha value is -1.44. The highest BCUT2D eigenvalue weighted by atomic mass is 32.3. The second-order valence-corrected chi connectivity index (χ2v) is 6.63. The van der Waals surface area contributed by atoms with E-state index in [1.54, 1.807) is 13.1 Å². The van der Waals surface area contributed by atoms with Crippen molar-refractivity contribution in [3.8, 4) is 0 Å². The molecular weight excluding hydrogens is 273 g/mol. The third-order valence-electron chi connectivity index (χ3n) is 3.23. The average Bonchev–Trinajstić information content (AvgIpc) is 2.81. The Bertz CT molecular complexity index is 609. The molecule has 0 aliphatic carbocycles. The second kappa shape index (κ2) is 4.59. The van der Waals surface area contributed by atoms with Crippen molar-refractivity contribution in [3.63, 3.8) is 0 Å². The van der Waals surface area contributed by atoms with Gasteiger partial charge in [0, 0.05) is 26.1 Å². The predicted molar refractivity (Wildman–Crippen MR) is 68.1 cm³/mol. The summed E-state index contributed by atoms with van der Waals surface area (Å²) in [5, 5.41) is 2.98. The summed E-state index contributed by atoms with van der Waals surface area (Å²) in [5.74, 6) is 0.294. The van der Waals surface area contributed by atoms with E-state index in [0.717, 1.165) is 5.69 Å². The number of anilines is 1. The molecule has 0 aromatic carbocycles. The molecule has 1 fully saturated rings. The SMILES string of the molecule is CC(C)c1cc(N2CC(S(=O)(=O)F)CC2=O)n(C)n1. The van der Waals surface area contributed by atoms with Gasteiger partial charge in [-0.05, 0) is 5.92 Å². The quantitative estimate of drug-likeness (QED) is 0.777. The maximum atomic E-state index is 13.0. The van der Waals surface area contributed by atoms with Crippen LogP contribution in [0.1, 0.15) is 31.9 Å². The molecule has 2 heterocycles. The maximum absolute atomic E-state index is 13.0. The van der Waals surface area contributed by atoms with Crippen LogP contribution in [0.5, 0.6) is 0 Å². The lowest BCUT2D eigenvalue weighted by Gasteiger charge is -2.15. The zero-order valence-corrected chi connectivity index (χ0v) is 11.8. The number of nitrogens with zero attached hydrogens (tertiary/aromatic N) is 3. The highest BCUT2D eigenvalue weighted by Gasteiger charge is 2.40. The molecule has 1 amide bonds. The van der Waals surface area contributed by atoms with Gasteiger partial charge < -0.3 is 0 Å². The summed E-state index contributed by atoms with van der Waals surface area (Å²) in [6, 6.07) is 1.73. The van der Waals surface area contributed by atoms with E-state index in [1.165, 1.54) is 9.58 Å². The first kappa shape index (κ1) is 14.0. The van der Waals surface area contributed by atoms with Crippen LogP contribution in [0.3, 0.4) is 0 Å². The van der Waals surface area contributed by atoms with Gasteiger partial charge in [-0.2, -0.15) is 13.5 Å². The van der Waals surface area contributed by atoms with Gasteiger partial charge in [0.1, 0.15) is 11.1 Å². The van der Waals surface area contributed by atoms with E-state index < -0.39 is 21.4 Å². The van der Waals surface area contributed by atoms with Crippen molar-refractivity contribution in [1.82, 2.24) is 9.78 Å². The van der Waals surface area contributed by atoms with Gasteiger partial charge >= 0.3 is 10.2 Å². The highest BCUT2D eigenvalue weighted by Crippen LogP contribution is 2.27. The standard InChI is InChI=1S/C11H16FN3O3S/c1-7(2)9-5-10(14(3)13-9)15-6-8(4-11(15)16)19(12,17)18/h5,7-8H,4,6H2,1-3H3. The zero-order valence-electron chi connectivity index (χ0n) is 11.0. The van der Waals surface area contributed by atoms with E-state index in [9.17, 15) is 17.1 Å². The van der Waals surface area contributed by atoms with Crippen molar-refractivity contribution < 1.29 is 17.1 Å². The van der Waals surface area contributed by atoms with E-state index in [4.69, 9.17) is 0 Å². The zero-order chi connectivity index (χ0) is 14.4. The molecule has 0 N–H and O–H groups in total. The Morgan fingerprint density at radius 2 is 2.11 bits per heavy atom. The fraction of sp³-hybridized carbons (Fsp3) is 0.636. The molecule has 0 saturated carbocycles. The number of carbonyl (C=O) groups excluding carboxylic acids is 1. The number of hydrogen-bond acceptors (Lipinski definition) is 4. The second-order valence-electron chi connectivity index (χ2n) is 5.01. The van der Waals surface area contributed by atoms with E-state index in [1.807, 2.05) is 13.8 Å². The lowest BCUT2D eigenvalue weighted by Crippen LogP contribution is -2.28. The van der Waals surface area contributed by atoms with Gasteiger partial charge in [-0.15, -0.1) is 3.89 Å². The Labute approximate surface area is 111 Å². The van der Waals surface area contributed by atoms with Crippen LogP contribution in [0.15, 0.2) is 6.07 Å². The fourth-order valence-corrected chi connectivity index (χ4v) is 2.77. The molecule has 1 atom stereocenters. The van der Waals surface area contributed by atoms with E-state index in [0.29, 0.717) is 5.82 Å². The minimum absolute atomic E-state index is 0.158. The number of hydrogen-bond donors (Lipinski definition) is 0. The maximum Gasteiger partial charge on any atom is 0.307 e. The molecule has 106 valence electrons. The third kappa shape index (κ3) is 2.63. The summed E-state index contributed by atoms with van der Waals surface area (Å²) < 4.78 is 36.2. The molecule has 2 rings (SSSR count). The van der Waals surface area contributed by atoms with Gasteiger partial charge in [-0.3, -0.25) is 14.4 Å². The lowest BCUT2D eigenvalue weighted by molar-refractivity contribution is -0.117. The van der Waals surface area contributed by atoms with Crippen LogP contribution in [0.2, 0.25) is 0 Å². The van der Waals surface area contributed by atoms with Crippen molar-refractivity contribution in [3.05, 3.63) is 11.8 Å². The molecule has 1 aromatic rings. The minimum atomic E-state index is -4.69. The molecular formula is C11H16FN3O3S. The summed E-state index contributed by atoms with van der Waals surface area (Å²) >= 11 is 0. The highest BCUT2D eigenvalue weighted by molar-refractivity contribution is 7.87. The number of halogens is 1. The number of aromatic nitrogens is 2. The molecule has 6 nitrogen and oxygen atoms in total. The molecule has 1 aromatic heterocycles. The number of rotatable bonds is 3. The molecule has 1 aliphatic heterocycles. The van der Waals surface area contributed by atoms with Crippen LogP contribution < -0.4 is 4.90 Å². The third-order valence-corrected chi connectivity index (χ3v) is 4.34. The summed E-state index contributed by atoms with van der Waals surface area (Å²) in [6.45, 7) is 3.77. The molecule has 1 aliphatic rings. The first-order valence-corrected chi connectivity index (χ1v) is 7.42. The topological polar surface area (TPSA) is 72.3 Å². The average molecular weight is 289 g/mol. The molecule has 8 heteroatoms. The molecule has 0 bridgehead atoms. The summed E-state index contributed by atoms with van der Waals surface area (Å²) in [7, 11) is -3.02. The van der Waals surface area contributed by atoms with Crippen molar-refractivity contribution in [2.45, 2.75) is 31.4 Å². The lowest BCUT2D eigenvalue weighted by atomic mass is 10.1. The number of aryl methyl sites for hydroxylation is 1. The summed E-state index contributed by atoms with van der Waals surface area (Å²) in [5.41, 5.74) is 0.803. The van der Waals surface area contributed by atoms with Gasteiger partial charge in [0.25, 0.3) is 0 Å². The Morgan fingerprint density at radius 1 is 1.47 bits per heavy atom. The monoisotopic (exact) mass is 289 g/mol. The van der Waals surface area contributed by atoms with Crippen LogP contribution in [-0.2, 0) is 22.1 Å². The Kier molecular flexibility index (Phi) is 3.38. The van der Waals surface area contributed by atoms with Gasteiger partial charge in [-0.25, -0.2) is 0 Å². The van der Waals surface area contributed by atoms with E-state index >= 15 is 0 Å². The summed E-state index contributed by atoms with van der Waals surface area (Å²) in [4.78, 5) is 13.1. The van der Waals surface area contributed by atoms with Crippen LogP contribution in [0, 0.1) is 0 Å². The van der Waals surface area contributed by atoms with Gasteiger partial charge in [0.05, 0.1) is 5.69 Å². The molecule has 19 heavy (non-hydrogen) atoms. The van der Waals surface area contributed by atoms with Crippen molar-refractivity contribution in [1.29, 1.82) is 0 Å². The van der Waals surface area contributed by atoms with Crippen LogP contribution in [0.4, 0.5) is 9.70 Å². The molecule has 1 saturated heterocycles.